The van der Waals surface area contributed by atoms with Gasteiger partial charge < -0.3 is 5.11 Å². The predicted octanol–water partition coefficient (Wildman–Crippen LogP) is 13.2. The minimum atomic E-state index is -3.47. The summed E-state index contributed by atoms with van der Waals surface area (Å²) in [5.74, 6) is 0.284. The van der Waals surface area contributed by atoms with E-state index in [1.165, 1.54) is 17.7 Å². The number of benzene rings is 6. The molecule has 0 saturated carbocycles. The van der Waals surface area contributed by atoms with Crippen molar-refractivity contribution in [1.82, 2.24) is 14.5 Å². The van der Waals surface area contributed by atoms with Crippen LogP contribution in [-0.2, 0) is 31.9 Å². The molecule has 0 fully saturated rings. The van der Waals surface area contributed by atoms with Crippen LogP contribution in [0.15, 0.2) is 146 Å². The first-order chi connectivity index (χ1) is 30.1. The molecule has 282 valence electrons. The van der Waals surface area contributed by atoms with Crippen molar-refractivity contribution in [3.05, 3.63) is 168 Å². The van der Waals surface area contributed by atoms with E-state index in [1.54, 1.807) is 60.8 Å². The first-order valence-corrected chi connectivity index (χ1v) is 18.2. The fraction of sp³-hybridized carbons (Fsp3) is 0.176. The maximum atomic E-state index is 11.4. The van der Waals surface area contributed by atoms with Gasteiger partial charge in [-0.2, -0.15) is 0 Å². The number of pyridine rings is 1. The van der Waals surface area contributed by atoms with Crippen LogP contribution in [0.4, 0.5) is 0 Å². The van der Waals surface area contributed by atoms with Gasteiger partial charge in [0.15, 0.2) is 0 Å². The molecule has 0 amide bonds. The molecule has 0 aliphatic heterocycles. The number of nitrogens with zero attached hydrogens (tertiary/aromatic N) is 3. The number of aromatic nitrogens is 3. The molecule has 0 unspecified atom stereocenters. The van der Waals surface area contributed by atoms with Crippen molar-refractivity contribution in [1.29, 1.82) is 0 Å². The Morgan fingerprint density at radius 1 is 0.625 bits per heavy atom. The van der Waals surface area contributed by atoms with E-state index in [4.69, 9.17) is 22.3 Å². The van der Waals surface area contributed by atoms with Crippen LogP contribution in [0.2, 0.25) is 0 Å². The molecule has 0 bridgehead atoms. The molecule has 8 rings (SSSR count). The van der Waals surface area contributed by atoms with E-state index >= 15 is 0 Å². The number of para-hydroxylation sites is 2. The Hall–Kier alpha value is -5.57. The SMILES string of the molecule is [2H]C([2H])([2H])C(c1ccc(-n2c(-c3ccccc3O)nc3c(-c4[c-]c(-c5cc(-c6ccc(C)cc6)ccn5)cc(C(C)(C)C)c4)cccc32)c(-c2ccccc2)c1)(C([2H])([2H])[2H])C([2H])([2H])[2H].[Pt]. The molecule has 2 heterocycles. The Balaban J connectivity index is 0.00000630. The van der Waals surface area contributed by atoms with E-state index in [1.807, 2.05) is 34.9 Å². The average molecular weight is 921 g/mol. The van der Waals surface area contributed by atoms with Gasteiger partial charge in [0.25, 0.3) is 0 Å². The van der Waals surface area contributed by atoms with E-state index in [9.17, 15) is 5.11 Å². The molecule has 0 aliphatic rings. The third-order valence-corrected chi connectivity index (χ3v) is 10.0. The van der Waals surface area contributed by atoms with E-state index in [0.717, 1.165) is 39.1 Å². The summed E-state index contributed by atoms with van der Waals surface area (Å²) >= 11 is 0. The van der Waals surface area contributed by atoms with Crippen LogP contribution < -0.4 is 0 Å². The molecule has 5 heteroatoms. The molecule has 6 aromatic carbocycles. The fourth-order valence-corrected chi connectivity index (χ4v) is 7.01. The number of fused-ring (bicyclic) bond motifs is 1. The summed E-state index contributed by atoms with van der Waals surface area (Å²) in [5, 5.41) is 11.4. The van der Waals surface area contributed by atoms with Gasteiger partial charge in [-0.3, -0.25) is 9.55 Å². The number of phenols is 1. The Kier molecular flexibility index (Phi) is 7.79. The fourth-order valence-electron chi connectivity index (χ4n) is 7.01. The Labute approximate surface area is 357 Å². The zero-order valence-electron chi connectivity index (χ0n) is 40.5. The molecule has 2 aromatic heterocycles. The third-order valence-electron chi connectivity index (χ3n) is 10.0. The Morgan fingerprint density at radius 2 is 1.34 bits per heavy atom. The number of hydrogen-bond acceptors (Lipinski definition) is 3. The molecular weight excluding hydrogens is 866 g/mol. The van der Waals surface area contributed by atoms with E-state index in [-0.39, 0.29) is 37.8 Å². The molecule has 0 spiro atoms. The number of hydrogen-bond donors (Lipinski definition) is 1. The van der Waals surface area contributed by atoms with Crippen LogP contribution in [0.3, 0.4) is 0 Å². The maximum Gasteiger partial charge on any atom is 0.148 e. The van der Waals surface area contributed by atoms with Crippen LogP contribution in [0.5, 0.6) is 5.75 Å². The summed E-state index contributed by atoms with van der Waals surface area (Å²) in [6, 6.07) is 45.9. The number of imidazole rings is 1. The van der Waals surface area contributed by atoms with E-state index in [0.29, 0.717) is 39.2 Å². The van der Waals surface area contributed by atoms with E-state index < -0.39 is 26.0 Å². The summed E-state index contributed by atoms with van der Waals surface area (Å²) in [6.45, 7) is -1.91. The topological polar surface area (TPSA) is 50.9 Å². The molecule has 56 heavy (non-hydrogen) atoms. The van der Waals surface area contributed by atoms with Crippen LogP contribution >= 0.6 is 0 Å². The van der Waals surface area contributed by atoms with Crippen molar-refractivity contribution < 1.29 is 38.5 Å². The first-order valence-electron chi connectivity index (χ1n) is 22.7. The second-order valence-corrected chi connectivity index (χ2v) is 15.1. The largest absolute Gasteiger partial charge is 0.507 e. The second-order valence-electron chi connectivity index (χ2n) is 15.1. The molecule has 1 N–H and O–H groups in total. The molecule has 8 aromatic rings. The summed E-state index contributed by atoms with van der Waals surface area (Å²) in [5.41, 5.74) is 6.31. The molecule has 0 atom stereocenters. The Bertz CT molecular complexity index is 2990. The van der Waals surface area contributed by atoms with Gasteiger partial charge in [0.1, 0.15) is 11.6 Å². The van der Waals surface area contributed by atoms with Crippen LogP contribution in [-0.4, -0.2) is 19.6 Å². The van der Waals surface area contributed by atoms with Crippen molar-refractivity contribution in [2.24, 2.45) is 0 Å². The third kappa shape index (κ3) is 7.51. The van der Waals surface area contributed by atoms with Gasteiger partial charge >= 0.3 is 0 Å². The smallest absolute Gasteiger partial charge is 0.148 e. The van der Waals surface area contributed by atoms with Crippen LogP contribution in [0, 0.1) is 13.0 Å². The van der Waals surface area contributed by atoms with E-state index in [2.05, 4.69) is 76.2 Å². The van der Waals surface area contributed by atoms with Gasteiger partial charge in [-0.25, -0.2) is 4.98 Å². The van der Waals surface area contributed by atoms with Gasteiger partial charge in [-0.1, -0.05) is 149 Å². The number of rotatable bonds is 6. The van der Waals surface area contributed by atoms with Crippen LogP contribution in [0.25, 0.3) is 72.7 Å². The maximum absolute atomic E-state index is 11.4. The summed E-state index contributed by atoms with van der Waals surface area (Å²) in [6.07, 6.45) is 1.80. The molecule has 0 radical (unpaired) electrons. The van der Waals surface area contributed by atoms with Crippen molar-refractivity contribution >= 4 is 11.0 Å². The standard InChI is InChI=1S/C51H46N3O.Pt/c1-33-20-22-34(23-21-33)36-26-27-52-44(31-36)38-28-37(29-40(30-38)51(5,6)7)41-17-13-18-46-48(41)53-49(42-16-11-12-19-47(42)55)54(46)45-25-24-39(50(2,3)4)32-43(45)35-14-9-8-10-15-35;/h8-27,29-32,55H,1-7H3;/q-1;/i2D3,3D3,4D3;. The van der Waals surface area contributed by atoms with Gasteiger partial charge in [0.05, 0.1) is 22.3 Å². The van der Waals surface area contributed by atoms with Crippen molar-refractivity contribution in [2.75, 3.05) is 0 Å². The minimum Gasteiger partial charge on any atom is -0.507 e. The van der Waals surface area contributed by atoms with Crippen molar-refractivity contribution in [2.45, 2.75) is 59.1 Å². The monoisotopic (exact) mass is 920 g/mol. The average Bonchev–Trinajstić information content (AvgIpc) is 3.62. The summed E-state index contributed by atoms with van der Waals surface area (Å²) in [7, 11) is 0. The van der Waals surface area contributed by atoms with Gasteiger partial charge in [-0.05, 0) is 76.4 Å². The Morgan fingerprint density at radius 3 is 2.07 bits per heavy atom. The van der Waals surface area contributed by atoms with Gasteiger partial charge in [0, 0.05) is 50.9 Å². The predicted molar refractivity (Wildman–Crippen MR) is 229 cm³/mol. The number of aryl methyl sites for hydroxylation is 1. The van der Waals surface area contributed by atoms with Crippen molar-refractivity contribution in [3.8, 4) is 67.5 Å². The number of aromatic hydroxyl groups is 1. The zero-order chi connectivity index (χ0) is 46.0. The zero-order valence-corrected chi connectivity index (χ0v) is 33.7. The second kappa shape index (κ2) is 15.2. The minimum absolute atomic E-state index is 0. The summed E-state index contributed by atoms with van der Waals surface area (Å²) in [4.78, 5) is 10.1. The first kappa shape index (κ1) is 28.8. The molecular formula is C51H46N3OPt-. The number of phenolic OH excluding ortho intramolecular Hbond substituents is 1. The summed E-state index contributed by atoms with van der Waals surface area (Å²) < 4.78 is 78.2. The van der Waals surface area contributed by atoms with Crippen LogP contribution in [0.1, 0.15) is 70.4 Å². The molecule has 0 saturated heterocycles. The normalized spacial score (nSPS) is 14.8. The molecule has 4 nitrogen and oxygen atoms in total. The van der Waals surface area contributed by atoms with Gasteiger partial charge in [-0.15, -0.1) is 29.3 Å². The van der Waals surface area contributed by atoms with Gasteiger partial charge in [0.2, 0.25) is 0 Å². The molecule has 0 aliphatic carbocycles. The van der Waals surface area contributed by atoms with Crippen molar-refractivity contribution in [3.63, 3.8) is 0 Å². The quantitative estimate of drug-likeness (QED) is 0.169.